The van der Waals surface area contributed by atoms with Crippen molar-refractivity contribution in [3.05, 3.63) is 77.4 Å². The minimum atomic E-state index is 0.477. The van der Waals surface area contributed by atoms with Gasteiger partial charge < -0.3 is 15.4 Å². The van der Waals surface area contributed by atoms with Gasteiger partial charge >= 0.3 is 0 Å². The van der Waals surface area contributed by atoms with E-state index < -0.39 is 0 Å². The van der Waals surface area contributed by atoms with Gasteiger partial charge in [-0.05, 0) is 66.9 Å². The van der Waals surface area contributed by atoms with E-state index in [1.54, 1.807) is 6.08 Å². The Balaban J connectivity index is 1.73. The van der Waals surface area contributed by atoms with Gasteiger partial charge in [-0.3, -0.25) is 0 Å². The van der Waals surface area contributed by atoms with E-state index >= 15 is 0 Å². The molecule has 0 aliphatic carbocycles. The summed E-state index contributed by atoms with van der Waals surface area (Å²) in [6.45, 7) is 8.24. The quantitative estimate of drug-likeness (QED) is 0.515. The van der Waals surface area contributed by atoms with Gasteiger partial charge in [0.25, 0.3) is 0 Å². The van der Waals surface area contributed by atoms with Gasteiger partial charge in [0, 0.05) is 6.54 Å². The molecule has 1 aliphatic heterocycles. The first kappa shape index (κ1) is 19.9. The number of rotatable bonds is 9. The third kappa shape index (κ3) is 5.82. The Kier molecular flexibility index (Phi) is 7.43. The standard InChI is InChI=1S/C24H27N3O/c1-2-11-28-24-13-19(7-8-22-5-3-4-6-23(22)15-25)12-21(14-24)18-27-17-20-9-10-26-16-20/h2-8,12-14,20,26-27H,1,9-11,16-18H2/b8-7+. The number of hydrogen-bond donors (Lipinski definition) is 2. The summed E-state index contributed by atoms with van der Waals surface area (Å²) in [5.74, 6) is 1.54. The van der Waals surface area contributed by atoms with Gasteiger partial charge in [-0.1, -0.05) is 49.1 Å². The maximum Gasteiger partial charge on any atom is 0.120 e. The van der Waals surface area contributed by atoms with Crippen molar-refractivity contribution in [3.8, 4) is 11.8 Å². The summed E-state index contributed by atoms with van der Waals surface area (Å²) in [4.78, 5) is 0. The zero-order chi connectivity index (χ0) is 19.6. The molecule has 0 radical (unpaired) electrons. The Morgan fingerprint density at radius 3 is 2.93 bits per heavy atom. The summed E-state index contributed by atoms with van der Waals surface area (Å²) in [6.07, 6.45) is 6.99. The Morgan fingerprint density at radius 2 is 2.14 bits per heavy atom. The SMILES string of the molecule is C=CCOc1cc(/C=C/c2ccccc2C#N)cc(CNCC2CCNC2)c1. The van der Waals surface area contributed by atoms with Crippen molar-refractivity contribution in [2.24, 2.45) is 5.92 Å². The molecule has 2 aromatic rings. The Morgan fingerprint density at radius 1 is 1.25 bits per heavy atom. The molecule has 0 amide bonds. The molecule has 2 N–H and O–H groups in total. The van der Waals surface area contributed by atoms with Crippen LogP contribution in [0.25, 0.3) is 12.2 Å². The second-order valence-corrected chi connectivity index (χ2v) is 7.03. The molecule has 1 atom stereocenters. The molecule has 4 nitrogen and oxygen atoms in total. The molecule has 4 heteroatoms. The molecule has 1 aliphatic rings. The lowest BCUT2D eigenvalue weighted by molar-refractivity contribution is 0.362. The molecular weight excluding hydrogens is 346 g/mol. The number of ether oxygens (including phenoxy) is 1. The average molecular weight is 374 g/mol. The third-order valence-corrected chi connectivity index (χ3v) is 4.82. The number of nitrogens with zero attached hydrogens (tertiary/aromatic N) is 1. The first-order valence-corrected chi connectivity index (χ1v) is 9.75. The Hall–Kier alpha value is -2.87. The number of nitrogens with one attached hydrogen (secondary N) is 2. The molecule has 1 fully saturated rings. The zero-order valence-electron chi connectivity index (χ0n) is 16.2. The fourth-order valence-corrected chi connectivity index (χ4v) is 3.36. The molecule has 3 rings (SSSR count). The molecule has 0 saturated carbocycles. The summed E-state index contributed by atoms with van der Waals surface area (Å²) in [7, 11) is 0. The van der Waals surface area contributed by atoms with Crippen LogP contribution in [0.15, 0.2) is 55.1 Å². The van der Waals surface area contributed by atoms with Crippen LogP contribution in [0.2, 0.25) is 0 Å². The summed E-state index contributed by atoms with van der Waals surface area (Å²) in [5, 5.41) is 16.2. The van der Waals surface area contributed by atoms with E-state index in [9.17, 15) is 5.26 Å². The van der Waals surface area contributed by atoms with Crippen LogP contribution in [0.4, 0.5) is 0 Å². The summed E-state index contributed by atoms with van der Waals surface area (Å²) >= 11 is 0. The second kappa shape index (κ2) is 10.5. The smallest absolute Gasteiger partial charge is 0.120 e. The zero-order valence-corrected chi connectivity index (χ0v) is 16.2. The van der Waals surface area contributed by atoms with E-state index in [1.165, 1.54) is 12.0 Å². The lowest BCUT2D eigenvalue weighted by Crippen LogP contribution is -2.24. The van der Waals surface area contributed by atoms with Crippen LogP contribution in [0, 0.1) is 17.2 Å². The van der Waals surface area contributed by atoms with Gasteiger partial charge in [-0.15, -0.1) is 0 Å². The molecule has 2 aromatic carbocycles. The second-order valence-electron chi connectivity index (χ2n) is 7.03. The monoisotopic (exact) mass is 373 g/mol. The largest absolute Gasteiger partial charge is 0.490 e. The molecule has 0 aromatic heterocycles. The average Bonchev–Trinajstić information content (AvgIpc) is 3.24. The number of benzene rings is 2. The molecular formula is C24H27N3O. The van der Waals surface area contributed by atoms with Gasteiger partial charge in [0.15, 0.2) is 0 Å². The van der Waals surface area contributed by atoms with Crippen LogP contribution in [-0.4, -0.2) is 26.2 Å². The van der Waals surface area contributed by atoms with Crippen molar-refractivity contribution >= 4 is 12.2 Å². The number of hydrogen-bond acceptors (Lipinski definition) is 4. The minimum absolute atomic E-state index is 0.477. The van der Waals surface area contributed by atoms with Crippen LogP contribution >= 0.6 is 0 Å². The van der Waals surface area contributed by atoms with Crippen LogP contribution in [0.1, 0.15) is 28.7 Å². The van der Waals surface area contributed by atoms with Gasteiger partial charge in [0.05, 0.1) is 11.6 Å². The Bertz CT molecular complexity index is 860. The molecule has 144 valence electrons. The van der Waals surface area contributed by atoms with Gasteiger partial charge in [-0.2, -0.15) is 5.26 Å². The first-order chi connectivity index (χ1) is 13.8. The van der Waals surface area contributed by atoms with E-state index in [4.69, 9.17) is 4.74 Å². The highest BCUT2D eigenvalue weighted by molar-refractivity contribution is 5.73. The summed E-state index contributed by atoms with van der Waals surface area (Å²) in [5.41, 5.74) is 3.81. The molecule has 0 spiro atoms. The van der Waals surface area contributed by atoms with E-state index in [-0.39, 0.29) is 0 Å². The van der Waals surface area contributed by atoms with Crippen LogP contribution in [0.5, 0.6) is 5.75 Å². The minimum Gasteiger partial charge on any atom is -0.490 e. The third-order valence-electron chi connectivity index (χ3n) is 4.82. The summed E-state index contributed by atoms with van der Waals surface area (Å²) < 4.78 is 5.77. The lowest BCUT2D eigenvalue weighted by Gasteiger charge is -2.12. The van der Waals surface area contributed by atoms with Crippen molar-refractivity contribution in [1.82, 2.24) is 10.6 Å². The van der Waals surface area contributed by atoms with E-state index in [2.05, 4.69) is 35.4 Å². The molecule has 1 saturated heterocycles. The first-order valence-electron chi connectivity index (χ1n) is 9.75. The van der Waals surface area contributed by atoms with Gasteiger partial charge in [0.1, 0.15) is 12.4 Å². The van der Waals surface area contributed by atoms with Crippen LogP contribution < -0.4 is 15.4 Å². The molecule has 28 heavy (non-hydrogen) atoms. The maximum atomic E-state index is 9.26. The van der Waals surface area contributed by atoms with Crippen molar-refractivity contribution in [2.75, 3.05) is 26.2 Å². The van der Waals surface area contributed by atoms with E-state index in [1.807, 2.05) is 42.5 Å². The predicted octanol–water partition coefficient (Wildman–Crippen LogP) is 3.99. The normalized spacial score (nSPS) is 16.2. The van der Waals surface area contributed by atoms with E-state index in [0.717, 1.165) is 43.1 Å². The molecule has 1 heterocycles. The maximum absolute atomic E-state index is 9.26. The predicted molar refractivity (Wildman–Crippen MR) is 115 cm³/mol. The van der Waals surface area contributed by atoms with Crippen molar-refractivity contribution in [3.63, 3.8) is 0 Å². The van der Waals surface area contributed by atoms with Crippen LogP contribution in [-0.2, 0) is 6.54 Å². The number of nitriles is 1. The van der Waals surface area contributed by atoms with Crippen LogP contribution in [0.3, 0.4) is 0 Å². The highest BCUT2D eigenvalue weighted by Crippen LogP contribution is 2.21. The highest BCUT2D eigenvalue weighted by atomic mass is 16.5. The molecule has 0 bridgehead atoms. The van der Waals surface area contributed by atoms with Crippen molar-refractivity contribution in [2.45, 2.75) is 13.0 Å². The fourth-order valence-electron chi connectivity index (χ4n) is 3.36. The fraction of sp³-hybridized carbons (Fsp3) is 0.292. The Labute approximate surface area is 167 Å². The van der Waals surface area contributed by atoms with Crippen molar-refractivity contribution < 1.29 is 4.74 Å². The summed E-state index contributed by atoms with van der Waals surface area (Å²) in [6, 6.07) is 16.1. The highest BCUT2D eigenvalue weighted by Gasteiger charge is 2.13. The topological polar surface area (TPSA) is 57.1 Å². The lowest BCUT2D eigenvalue weighted by atomic mass is 10.0. The molecule has 1 unspecified atom stereocenters. The van der Waals surface area contributed by atoms with Crippen molar-refractivity contribution in [1.29, 1.82) is 5.26 Å². The van der Waals surface area contributed by atoms with Gasteiger partial charge in [-0.25, -0.2) is 0 Å². The van der Waals surface area contributed by atoms with Gasteiger partial charge in [0.2, 0.25) is 0 Å². The van der Waals surface area contributed by atoms with E-state index in [0.29, 0.717) is 18.1 Å².